The van der Waals surface area contributed by atoms with Crippen LogP contribution in [-0.4, -0.2) is 22.7 Å². The highest BCUT2D eigenvalue weighted by atomic mass is 32.1. The zero-order valence-electron chi connectivity index (χ0n) is 24.6. The number of unbranched alkanes of at least 4 members (excludes halogenated alkanes) is 2. The molecule has 4 aromatic carbocycles. The van der Waals surface area contributed by atoms with Crippen molar-refractivity contribution < 1.29 is 23.5 Å². The van der Waals surface area contributed by atoms with E-state index in [2.05, 4.69) is 12.2 Å². The van der Waals surface area contributed by atoms with Crippen LogP contribution in [0.3, 0.4) is 0 Å². The first kappa shape index (κ1) is 29.7. The summed E-state index contributed by atoms with van der Waals surface area (Å²) in [4.78, 5) is 40.9. The molecule has 1 aliphatic heterocycles. The Morgan fingerprint density at radius 1 is 0.889 bits per heavy atom. The summed E-state index contributed by atoms with van der Waals surface area (Å²) in [6.45, 7) is 2.18. The molecule has 224 valence electrons. The molecule has 0 bridgehead atoms. The molecule has 1 aromatic heterocycles. The van der Waals surface area contributed by atoms with Gasteiger partial charge in [-0.25, -0.2) is 0 Å². The maximum absolute atomic E-state index is 13.6. The number of anilines is 1. The molecule has 0 radical (unpaired) electrons. The largest absolute Gasteiger partial charge is 0.457 e. The molecule has 7 nitrogen and oxygen atoms in total. The van der Waals surface area contributed by atoms with Crippen molar-refractivity contribution in [3.63, 3.8) is 0 Å². The van der Waals surface area contributed by atoms with Crippen molar-refractivity contribution in [2.75, 3.05) is 4.90 Å². The number of fused-ring (bicyclic) bond motifs is 1. The zero-order valence-corrected chi connectivity index (χ0v) is 25.4. The number of nitrogens with one attached hydrogen (secondary N) is 1. The van der Waals surface area contributed by atoms with Crippen LogP contribution in [0.5, 0.6) is 11.5 Å². The molecule has 0 unspecified atom stereocenters. The second kappa shape index (κ2) is 13.1. The van der Waals surface area contributed by atoms with E-state index in [0.29, 0.717) is 39.3 Å². The Morgan fingerprint density at radius 3 is 2.36 bits per heavy atom. The van der Waals surface area contributed by atoms with Crippen LogP contribution < -0.4 is 15.0 Å². The molecule has 2 heterocycles. The predicted octanol–water partition coefficient (Wildman–Crippen LogP) is 8.02. The molecule has 1 fully saturated rings. The topological polar surface area (TPSA) is 88.9 Å². The van der Waals surface area contributed by atoms with E-state index in [9.17, 15) is 14.4 Å². The number of ether oxygens (including phenoxy) is 1. The number of furan rings is 1. The Morgan fingerprint density at radius 2 is 1.62 bits per heavy atom. The average Bonchev–Trinajstić information content (AvgIpc) is 3.48. The number of para-hydroxylation sites is 1. The van der Waals surface area contributed by atoms with Gasteiger partial charge in [0.25, 0.3) is 11.8 Å². The second-order valence-corrected chi connectivity index (χ2v) is 11.1. The molecule has 0 atom stereocenters. The van der Waals surface area contributed by atoms with Crippen molar-refractivity contribution in [2.45, 2.75) is 32.6 Å². The first-order valence-electron chi connectivity index (χ1n) is 14.8. The number of nitrogens with zero attached hydrogens (tertiary/aromatic N) is 1. The summed E-state index contributed by atoms with van der Waals surface area (Å²) in [5.41, 5.74) is 3.28. The summed E-state index contributed by atoms with van der Waals surface area (Å²) >= 11 is 5.35. The number of benzene rings is 4. The summed E-state index contributed by atoms with van der Waals surface area (Å²) in [6, 6.07) is 30.7. The van der Waals surface area contributed by atoms with Crippen LogP contribution in [-0.2, 0) is 16.0 Å². The van der Waals surface area contributed by atoms with Crippen molar-refractivity contribution in [1.29, 1.82) is 0 Å². The Balaban J connectivity index is 1.20. The lowest BCUT2D eigenvalue weighted by Gasteiger charge is -2.29. The van der Waals surface area contributed by atoms with E-state index >= 15 is 0 Å². The second-order valence-electron chi connectivity index (χ2n) is 10.8. The number of ketones is 1. The summed E-state index contributed by atoms with van der Waals surface area (Å²) in [5.74, 6) is 0.137. The fourth-order valence-electron chi connectivity index (χ4n) is 5.15. The maximum Gasteiger partial charge on any atom is 0.270 e. The van der Waals surface area contributed by atoms with Crippen LogP contribution in [0.1, 0.15) is 53.4 Å². The van der Waals surface area contributed by atoms with Crippen molar-refractivity contribution in [1.82, 2.24) is 5.32 Å². The summed E-state index contributed by atoms with van der Waals surface area (Å²) in [7, 11) is 0. The quantitative estimate of drug-likeness (QED) is 0.0564. The van der Waals surface area contributed by atoms with Gasteiger partial charge in [0, 0.05) is 10.9 Å². The van der Waals surface area contributed by atoms with Crippen LogP contribution in [0, 0.1) is 0 Å². The number of carbonyl (C=O) groups is 3. The molecule has 6 rings (SSSR count). The van der Waals surface area contributed by atoms with Crippen LogP contribution in [0.15, 0.2) is 113 Å². The highest BCUT2D eigenvalue weighted by Crippen LogP contribution is 2.28. The van der Waals surface area contributed by atoms with Gasteiger partial charge in [-0.1, -0.05) is 68.3 Å². The van der Waals surface area contributed by atoms with E-state index in [1.165, 1.54) is 23.0 Å². The molecule has 1 saturated heterocycles. The van der Waals surface area contributed by atoms with Crippen LogP contribution in [0.2, 0.25) is 0 Å². The Labute approximate surface area is 266 Å². The highest BCUT2D eigenvalue weighted by Gasteiger charge is 2.34. The number of amides is 2. The Kier molecular flexibility index (Phi) is 8.66. The number of aryl methyl sites for hydroxylation is 1. The number of carbonyl (C=O) groups excluding carboxylic acids is 3. The van der Waals surface area contributed by atoms with Gasteiger partial charge in [0.15, 0.2) is 10.9 Å². The SMILES string of the molecule is CCCCCc1ccc(C(=O)c2cc3cc(/C=C4/C(=O)NC(=S)N(c5ccc(Oc6ccccc6)cc5)C4=O)ccc3o2)cc1. The van der Waals surface area contributed by atoms with E-state index in [-0.39, 0.29) is 22.2 Å². The summed E-state index contributed by atoms with van der Waals surface area (Å²) in [6.07, 6.45) is 5.97. The van der Waals surface area contributed by atoms with Gasteiger partial charge in [-0.05, 0) is 96.9 Å². The number of rotatable bonds is 10. The molecular formula is C37H30N2O5S. The minimum atomic E-state index is -0.591. The number of hydrogen-bond acceptors (Lipinski definition) is 6. The molecule has 0 aliphatic carbocycles. The lowest BCUT2D eigenvalue weighted by molar-refractivity contribution is -0.122. The van der Waals surface area contributed by atoms with Gasteiger partial charge in [0.1, 0.15) is 22.7 Å². The van der Waals surface area contributed by atoms with E-state index in [1.807, 2.05) is 54.6 Å². The fourth-order valence-corrected chi connectivity index (χ4v) is 5.44. The third kappa shape index (κ3) is 6.61. The Bertz CT molecular complexity index is 1930. The minimum Gasteiger partial charge on any atom is -0.457 e. The van der Waals surface area contributed by atoms with Crippen molar-refractivity contribution in [2.24, 2.45) is 0 Å². The van der Waals surface area contributed by atoms with Gasteiger partial charge in [-0.15, -0.1) is 0 Å². The van der Waals surface area contributed by atoms with E-state index in [4.69, 9.17) is 21.4 Å². The first-order chi connectivity index (χ1) is 21.9. The maximum atomic E-state index is 13.6. The van der Waals surface area contributed by atoms with Crippen molar-refractivity contribution in [3.8, 4) is 11.5 Å². The molecule has 5 aromatic rings. The zero-order chi connectivity index (χ0) is 31.3. The summed E-state index contributed by atoms with van der Waals surface area (Å²) < 4.78 is 11.7. The molecule has 0 spiro atoms. The van der Waals surface area contributed by atoms with Gasteiger partial charge in [0.2, 0.25) is 5.78 Å². The lowest BCUT2D eigenvalue weighted by atomic mass is 10.0. The Hall–Kier alpha value is -5.34. The lowest BCUT2D eigenvalue weighted by Crippen LogP contribution is -2.54. The number of thiocarbonyl (C=S) groups is 1. The predicted molar refractivity (Wildman–Crippen MR) is 178 cm³/mol. The molecule has 45 heavy (non-hydrogen) atoms. The van der Waals surface area contributed by atoms with Crippen molar-refractivity contribution in [3.05, 3.63) is 131 Å². The van der Waals surface area contributed by atoms with Gasteiger partial charge in [-0.3, -0.25) is 24.6 Å². The third-order valence-electron chi connectivity index (χ3n) is 7.54. The summed E-state index contributed by atoms with van der Waals surface area (Å²) in [5, 5.41) is 3.27. The minimum absolute atomic E-state index is 0.0127. The average molecular weight is 615 g/mol. The first-order valence-corrected chi connectivity index (χ1v) is 15.2. The molecule has 0 saturated carbocycles. The highest BCUT2D eigenvalue weighted by molar-refractivity contribution is 7.80. The molecule has 1 aliphatic rings. The van der Waals surface area contributed by atoms with E-state index in [1.54, 1.807) is 48.5 Å². The number of hydrogen-bond donors (Lipinski definition) is 1. The molecular weight excluding hydrogens is 584 g/mol. The van der Waals surface area contributed by atoms with Gasteiger partial charge in [-0.2, -0.15) is 0 Å². The fraction of sp³-hybridized carbons (Fsp3) is 0.135. The smallest absolute Gasteiger partial charge is 0.270 e. The normalized spacial score (nSPS) is 14.2. The van der Waals surface area contributed by atoms with Gasteiger partial charge < -0.3 is 9.15 Å². The third-order valence-corrected chi connectivity index (χ3v) is 7.82. The van der Waals surface area contributed by atoms with Crippen LogP contribution in [0.25, 0.3) is 17.0 Å². The van der Waals surface area contributed by atoms with Crippen LogP contribution in [0.4, 0.5) is 5.69 Å². The molecule has 8 heteroatoms. The van der Waals surface area contributed by atoms with E-state index < -0.39 is 11.8 Å². The van der Waals surface area contributed by atoms with Crippen molar-refractivity contribution >= 4 is 57.7 Å². The van der Waals surface area contributed by atoms with Gasteiger partial charge in [0.05, 0.1) is 5.69 Å². The van der Waals surface area contributed by atoms with Gasteiger partial charge >= 0.3 is 0 Å². The molecule has 1 N–H and O–H groups in total. The standard InChI is InChI=1S/C37H30N2O5S/c1-2-3-5-8-24-11-14-26(15-12-24)34(40)33-23-27-21-25(13-20-32(27)44-33)22-31-35(41)38-37(45)39(36(31)42)28-16-18-30(19-17-28)43-29-9-6-4-7-10-29/h4,6-7,9-23H,2-3,5,8H2,1H3,(H,38,41,45)/b31-22-. The monoisotopic (exact) mass is 614 g/mol. The van der Waals surface area contributed by atoms with Crippen LogP contribution >= 0.6 is 12.2 Å². The molecule has 2 amide bonds. The van der Waals surface area contributed by atoms with E-state index in [0.717, 1.165) is 19.3 Å².